The molecule has 0 atom stereocenters. The number of halogens is 6. The molecule has 3 rings (SSSR count). The fourth-order valence-corrected chi connectivity index (χ4v) is 2.92. The van der Waals surface area contributed by atoms with Crippen LogP contribution in [0.1, 0.15) is 16.9 Å². The molecule has 0 saturated heterocycles. The molecule has 30 heavy (non-hydrogen) atoms. The minimum absolute atomic E-state index is 0.149. The monoisotopic (exact) mass is 424 g/mol. The van der Waals surface area contributed by atoms with Crippen LogP contribution in [0.15, 0.2) is 65.1 Å². The second kappa shape index (κ2) is 8.14. The van der Waals surface area contributed by atoms with Crippen molar-refractivity contribution in [3.8, 4) is 17.4 Å². The van der Waals surface area contributed by atoms with Gasteiger partial charge in [-0.1, -0.05) is 30.3 Å². The third-order valence-corrected chi connectivity index (χ3v) is 4.23. The molecule has 1 heterocycles. The van der Waals surface area contributed by atoms with Crippen LogP contribution in [-0.4, -0.2) is 12.7 Å². The van der Waals surface area contributed by atoms with Crippen LogP contribution in [0.4, 0.5) is 32.0 Å². The van der Waals surface area contributed by atoms with Crippen LogP contribution in [0.3, 0.4) is 0 Å². The minimum Gasteiger partial charge on any atom is -0.459 e. The first-order valence-corrected chi connectivity index (χ1v) is 8.64. The number of hydrogen-bond acceptors (Lipinski definition) is 3. The highest BCUT2D eigenvalue weighted by Crippen LogP contribution is 2.35. The van der Waals surface area contributed by atoms with Crippen molar-refractivity contribution in [1.29, 1.82) is 5.26 Å². The zero-order valence-corrected chi connectivity index (χ0v) is 15.3. The van der Waals surface area contributed by atoms with Crippen molar-refractivity contribution in [2.24, 2.45) is 0 Å². The van der Waals surface area contributed by atoms with E-state index in [0.29, 0.717) is 17.4 Å². The Kier molecular flexibility index (Phi) is 5.78. The molecule has 0 aliphatic rings. The maximum atomic E-state index is 13.2. The van der Waals surface area contributed by atoms with Crippen LogP contribution in [-0.2, 0) is 12.7 Å². The van der Waals surface area contributed by atoms with E-state index in [4.69, 9.17) is 9.68 Å². The van der Waals surface area contributed by atoms with Gasteiger partial charge in [0.15, 0.2) is 0 Å². The summed E-state index contributed by atoms with van der Waals surface area (Å²) in [5, 5.41) is 8.89. The molecular formula is C21H14F6N2O. The Bertz CT molecular complexity index is 1050. The van der Waals surface area contributed by atoms with Gasteiger partial charge in [-0.25, -0.2) is 0 Å². The molecular weight excluding hydrogens is 410 g/mol. The van der Waals surface area contributed by atoms with Gasteiger partial charge < -0.3 is 9.32 Å². The maximum Gasteiger partial charge on any atom is 0.417 e. The molecule has 9 heteroatoms. The van der Waals surface area contributed by atoms with Crippen LogP contribution in [0.5, 0.6) is 0 Å². The summed E-state index contributed by atoms with van der Waals surface area (Å²) in [5.74, 6) is 0.574. The zero-order valence-electron chi connectivity index (χ0n) is 15.3. The highest BCUT2D eigenvalue weighted by Gasteiger charge is 2.36. The first-order chi connectivity index (χ1) is 14.1. The molecule has 0 bridgehead atoms. The first-order valence-electron chi connectivity index (χ1n) is 8.64. The molecule has 0 saturated carbocycles. The van der Waals surface area contributed by atoms with Crippen LogP contribution in [0.25, 0.3) is 11.3 Å². The van der Waals surface area contributed by atoms with E-state index in [1.54, 1.807) is 36.4 Å². The first kappa shape index (κ1) is 21.3. The molecule has 0 radical (unpaired) electrons. The summed E-state index contributed by atoms with van der Waals surface area (Å²) < 4.78 is 84.6. The molecule has 0 fully saturated rings. The SMILES string of the molecule is N#Cc1ccc(N(Cc2ccc(-c3ccccc3)o2)CC(F)(F)F)cc1C(F)(F)F. The van der Waals surface area contributed by atoms with Gasteiger partial charge in [-0.2, -0.15) is 31.6 Å². The Balaban J connectivity index is 1.95. The summed E-state index contributed by atoms with van der Waals surface area (Å²) in [6.45, 7) is -1.90. The van der Waals surface area contributed by atoms with Gasteiger partial charge in [-0.05, 0) is 30.3 Å². The molecule has 0 aliphatic carbocycles. The van der Waals surface area contributed by atoms with Gasteiger partial charge in [-0.3, -0.25) is 0 Å². The third kappa shape index (κ3) is 5.14. The molecule has 1 aromatic heterocycles. The van der Waals surface area contributed by atoms with E-state index in [1.807, 2.05) is 0 Å². The second-order valence-electron chi connectivity index (χ2n) is 6.44. The molecule has 0 unspecified atom stereocenters. The van der Waals surface area contributed by atoms with Crippen molar-refractivity contribution in [2.45, 2.75) is 18.9 Å². The Labute approximate surface area is 167 Å². The number of nitriles is 1. The fraction of sp³-hybridized carbons (Fsp3) is 0.190. The number of anilines is 1. The standard InChI is InChI=1S/C21H14F6N2O/c22-20(23,24)13-29(16-7-6-15(11-28)18(10-16)21(25,26)27)12-17-8-9-19(30-17)14-4-2-1-3-5-14/h1-10H,12-13H2. The summed E-state index contributed by atoms with van der Waals surface area (Å²) in [5.41, 5.74) is -1.57. The number of furan rings is 1. The summed E-state index contributed by atoms with van der Waals surface area (Å²) in [6.07, 6.45) is -9.54. The van der Waals surface area contributed by atoms with Gasteiger partial charge in [0.25, 0.3) is 0 Å². The molecule has 2 aromatic carbocycles. The molecule has 0 N–H and O–H groups in total. The number of rotatable bonds is 5. The second-order valence-corrected chi connectivity index (χ2v) is 6.44. The van der Waals surface area contributed by atoms with E-state index in [1.165, 1.54) is 12.1 Å². The van der Waals surface area contributed by atoms with E-state index in [0.717, 1.165) is 17.0 Å². The minimum atomic E-state index is -4.88. The van der Waals surface area contributed by atoms with E-state index in [9.17, 15) is 26.3 Å². The Morgan fingerprint density at radius 1 is 0.900 bits per heavy atom. The topological polar surface area (TPSA) is 40.2 Å². The van der Waals surface area contributed by atoms with E-state index in [2.05, 4.69) is 0 Å². The van der Waals surface area contributed by atoms with Crippen LogP contribution in [0, 0.1) is 11.3 Å². The predicted octanol–water partition coefficient (Wildman–Crippen LogP) is 6.41. The average molecular weight is 424 g/mol. The molecule has 0 amide bonds. The van der Waals surface area contributed by atoms with Crippen LogP contribution < -0.4 is 4.90 Å². The number of benzene rings is 2. The number of hydrogen-bond donors (Lipinski definition) is 0. The van der Waals surface area contributed by atoms with Crippen molar-refractivity contribution in [1.82, 2.24) is 0 Å². The Morgan fingerprint density at radius 2 is 1.60 bits per heavy atom. The largest absolute Gasteiger partial charge is 0.459 e. The van der Waals surface area contributed by atoms with E-state index >= 15 is 0 Å². The summed E-state index contributed by atoms with van der Waals surface area (Å²) in [6, 6.07) is 15.8. The molecule has 3 aromatic rings. The highest BCUT2D eigenvalue weighted by atomic mass is 19.4. The lowest BCUT2D eigenvalue weighted by molar-refractivity contribution is -0.137. The Hall–Kier alpha value is -3.41. The maximum absolute atomic E-state index is 13.2. The van der Waals surface area contributed by atoms with E-state index in [-0.39, 0.29) is 11.4 Å². The van der Waals surface area contributed by atoms with Crippen LogP contribution in [0.2, 0.25) is 0 Å². The molecule has 3 nitrogen and oxygen atoms in total. The van der Waals surface area contributed by atoms with Crippen molar-refractivity contribution in [3.05, 3.63) is 77.6 Å². The third-order valence-electron chi connectivity index (χ3n) is 4.23. The van der Waals surface area contributed by atoms with Gasteiger partial charge in [0.05, 0.1) is 23.7 Å². The molecule has 156 valence electrons. The van der Waals surface area contributed by atoms with Crippen LogP contribution >= 0.6 is 0 Å². The molecule has 0 aliphatic heterocycles. The normalized spacial score (nSPS) is 11.9. The fourth-order valence-electron chi connectivity index (χ4n) is 2.92. The predicted molar refractivity (Wildman–Crippen MR) is 97.4 cm³/mol. The van der Waals surface area contributed by atoms with Crippen molar-refractivity contribution in [2.75, 3.05) is 11.4 Å². The summed E-state index contributed by atoms with van der Waals surface area (Å²) >= 11 is 0. The lowest BCUT2D eigenvalue weighted by Gasteiger charge is -2.26. The zero-order chi connectivity index (χ0) is 21.9. The number of nitrogens with zero attached hydrogens (tertiary/aromatic N) is 2. The summed E-state index contributed by atoms with van der Waals surface area (Å²) in [7, 11) is 0. The lowest BCUT2D eigenvalue weighted by Crippen LogP contribution is -2.34. The molecule has 0 spiro atoms. The van der Waals surface area contributed by atoms with Crippen molar-refractivity contribution < 1.29 is 30.8 Å². The quantitative estimate of drug-likeness (QED) is 0.445. The lowest BCUT2D eigenvalue weighted by atomic mass is 10.1. The highest BCUT2D eigenvalue weighted by molar-refractivity contribution is 5.58. The van der Waals surface area contributed by atoms with Crippen molar-refractivity contribution >= 4 is 5.69 Å². The van der Waals surface area contributed by atoms with Gasteiger partial charge in [0.2, 0.25) is 0 Å². The van der Waals surface area contributed by atoms with Gasteiger partial charge in [0, 0.05) is 11.3 Å². The summed E-state index contributed by atoms with van der Waals surface area (Å²) in [4.78, 5) is 0.726. The Morgan fingerprint density at radius 3 is 2.20 bits per heavy atom. The van der Waals surface area contributed by atoms with Crippen molar-refractivity contribution in [3.63, 3.8) is 0 Å². The van der Waals surface area contributed by atoms with E-state index < -0.39 is 36.6 Å². The smallest absolute Gasteiger partial charge is 0.417 e. The van der Waals surface area contributed by atoms with Gasteiger partial charge in [-0.15, -0.1) is 0 Å². The number of alkyl halides is 6. The van der Waals surface area contributed by atoms with Gasteiger partial charge in [0.1, 0.15) is 18.1 Å². The van der Waals surface area contributed by atoms with Gasteiger partial charge >= 0.3 is 12.4 Å². The average Bonchev–Trinajstić information content (AvgIpc) is 3.14.